The zero-order chi connectivity index (χ0) is 15.5. The number of carbonyl (C=O) groups is 2. The third-order valence-corrected chi connectivity index (χ3v) is 4.76. The lowest BCUT2D eigenvalue weighted by atomic mass is 9.93. The summed E-state index contributed by atoms with van der Waals surface area (Å²) in [5, 5.41) is 18.5. The lowest BCUT2D eigenvalue weighted by Gasteiger charge is -2.40. The van der Waals surface area contributed by atoms with Crippen LogP contribution in [0.3, 0.4) is 0 Å². The Hall–Kier alpha value is -1.34. The number of aliphatic carboxylic acids is 1. The second-order valence-corrected chi connectivity index (χ2v) is 5.78. The van der Waals surface area contributed by atoms with Crippen molar-refractivity contribution in [1.82, 2.24) is 14.7 Å². The molecule has 0 aromatic rings. The maximum atomic E-state index is 12.7. The predicted molar refractivity (Wildman–Crippen MR) is 77.1 cm³/mol. The Morgan fingerprint density at radius 3 is 2.33 bits per heavy atom. The Balaban J connectivity index is 2.01. The van der Waals surface area contributed by atoms with Crippen LogP contribution >= 0.6 is 0 Å². The summed E-state index contributed by atoms with van der Waals surface area (Å²) in [6.45, 7) is 5.74. The Morgan fingerprint density at radius 2 is 1.81 bits per heavy atom. The van der Waals surface area contributed by atoms with Crippen molar-refractivity contribution in [2.75, 3.05) is 45.9 Å². The summed E-state index contributed by atoms with van der Waals surface area (Å²) in [7, 11) is 0. The zero-order valence-corrected chi connectivity index (χ0v) is 12.6. The van der Waals surface area contributed by atoms with Gasteiger partial charge in [0.2, 0.25) is 0 Å². The second-order valence-electron chi connectivity index (χ2n) is 5.78. The molecule has 21 heavy (non-hydrogen) atoms. The number of carboxylic acid groups (broad SMARTS) is 1. The molecule has 0 spiro atoms. The first-order chi connectivity index (χ1) is 10.0. The zero-order valence-electron chi connectivity index (χ0n) is 12.6. The molecule has 2 amide bonds. The minimum Gasteiger partial charge on any atom is -0.479 e. The van der Waals surface area contributed by atoms with Gasteiger partial charge in [-0.3, -0.25) is 4.90 Å². The van der Waals surface area contributed by atoms with E-state index in [1.807, 2.05) is 6.92 Å². The molecular weight excluding hydrogens is 274 g/mol. The van der Waals surface area contributed by atoms with Gasteiger partial charge in [0.05, 0.1) is 6.61 Å². The summed E-state index contributed by atoms with van der Waals surface area (Å²) >= 11 is 0. The first kappa shape index (κ1) is 16.0. The van der Waals surface area contributed by atoms with E-state index in [0.29, 0.717) is 39.0 Å². The molecule has 1 atom stereocenters. The number of aliphatic hydroxyl groups excluding tert-OH is 1. The molecule has 0 aromatic carbocycles. The van der Waals surface area contributed by atoms with Crippen LogP contribution in [0.2, 0.25) is 0 Å². The van der Waals surface area contributed by atoms with Gasteiger partial charge in [-0.2, -0.15) is 0 Å². The van der Waals surface area contributed by atoms with E-state index in [1.165, 1.54) is 0 Å². The number of hydrogen-bond donors (Lipinski definition) is 2. The third kappa shape index (κ3) is 2.98. The topological polar surface area (TPSA) is 84.3 Å². The lowest BCUT2D eigenvalue weighted by Crippen LogP contribution is -2.59. The molecule has 120 valence electrons. The van der Waals surface area contributed by atoms with Gasteiger partial charge in [-0.25, -0.2) is 9.59 Å². The van der Waals surface area contributed by atoms with E-state index in [2.05, 4.69) is 4.90 Å². The summed E-state index contributed by atoms with van der Waals surface area (Å²) in [4.78, 5) is 29.7. The Bertz CT molecular complexity index is 396. The number of carbonyl (C=O) groups excluding carboxylic acids is 1. The summed E-state index contributed by atoms with van der Waals surface area (Å²) < 4.78 is 0. The number of aliphatic hydroxyl groups is 1. The minimum atomic E-state index is -1.03. The Kier molecular flexibility index (Phi) is 5.05. The fraction of sp³-hybridized carbons (Fsp3) is 0.857. The number of amides is 2. The summed E-state index contributed by atoms with van der Waals surface area (Å²) in [5.74, 6) is -0.894. The molecule has 0 saturated carbocycles. The fourth-order valence-corrected chi connectivity index (χ4v) is 3.37. The highest BCUT2D eigenvalue weighted by Gasteiger charge is 2.49. The Morgan fingerprint density at radius 1 is 1.14 bits per heavy atom. The number of carboxylic acids is 1. The molecular formula is C14H25N3O4. The van der Waals surface area contributed by atoms with Gasteiger partial charge >= 0.3 is 12.0 Å². The summed E-state index contributed by atoms with van der Waals surface area (Å²) in [6.07, 6.45) is 1.73. The van der Waals surface area contributed by atoms with Crippen LogP contribution in [0.25, 0.3) is 0 Å². The smallest absolute Gasteiger partial charge is 0.329 e. The number of rotatable bonds is 4. The maximum absolute atomic E-state index is 12.7. The van der Waals surface area contributed by atoms with Crippen molar-refractivity contribution in [1.29, 1.82) is 0 Å². The second kappa shape index (κ2) is 6.62. The van der Waals surface area contributed by atoms with Crippen LogP contribution < -0.4 is 0 Å². The largest absolute Gasteiger partial charge is 0.479 e. The molecule has 0 bridgehead atoms. The van der Waals surface area contributed by atoms with Crippen molar-refractivity contribution < 1.29 is 19.8 Å². The molecule has 0 radical (unpaired) electrons. The van der Waals surface area contributed by atoms with Crippen LogP contribution in [0.4, 0.5) is 4.79 Å². The van der Waals surface area contributed by atoms with Gasteiger partial charge < -0.3 is 20.0 Å². The van der Waals surface area contributed by atoms with Gasteiger partial charge in [0, 0.05) is 39.3 Å². The van der Waals surface area contributed by atoms with Crippen molar-refractivity contribution in [3.63, 3.8) is 0 Å². The van der Waals surface area contributed by atoms with Gasteiger partial charge in [0.15, 0.2) is 0 Å². The Labute approximate surface area is 125 Å². The van der Waals surface area contributed by atoms with Crippen LogP contribution in [0.1, 0.15) is 26.2 Å². The summed E-state index contributed by atoms with van der Waals surface area (Å²) in [5.41, 5.74) is -1.03. The molecule has 0 aliphatic carbocycles. The van der Waals surface area contributed by atoms with Crippen LogP contribution in [-0.4, -0.2) is 88.3 Å². The minimum absolute atomic E-state index is 0.123. The highest BCUT2D eigenvalue weighted by molar-refractivity contribution is 5.87. The fourth-order valence-electron chi connectivity index (χ4n) is 3.37. The van der Waals surface area contributed by atoms with Crippen molar-refractivity contribution in [3.05, 3.63) is 0 Å². The van der Waals surface area contributed by atoms with E-state index >= 15 is 0 Å². The van der Waals surface area contributed by atoms with E-state index in [1.54, 1.807) is 9.80 Å². The van der Waals surface area contributed by atoms with Crippen molar-refractivity contribution in [3.8, 4) is 0 Å². The highest BCUT2D eigenvalue weighted by atomic mass is 16.4. The van der Waals surface area contributed by atoms with Crippen LogP contribution in [-0.2, 0) is 4.79 Å². The summed E-state index contributed by atoms with van der Waals surface area (Å²) in [6, 6.07) is -0.152. The van der Waals surface area contributed by atoms with Crippen molar-refractivity contribution in [2.24, 2.45) is 0 Å². The van der Waals surface area contributed by atoms with Crippen molar-refractivity contribution >= 4 is 12.0 Å². The predicted octanol–water partition coefficient (Wildman–Crippen LogP) is 0.0455. The quantitative estimate of drug-likeness (QED) is 0.766. The molecule has 2 rings (SSSR count). The molecule has 2 aliphatic rings. The lowest BCUT2D eigenvalue weighted by molar-refractivity contribution is -0.148. The number of likely N-dealkylation sites (tertiary alicyclic amines) is 1. The monoisotopic (exact) mass is 299 g/mol. The first-order valence-electron chi connectivity index (χ1n) is 7.68. The third-order valence-electron chi connectivity index (χ3n) is 4.76. The molecule has 2 aliphatic heterocycles. The maximum Gasteiger partial charge on any atom is 0.329 e. The van der Waals surface area contributed by atoms with Gasteiger partial charge in [-0.15, -0.1) is 0 Å². The van der Waals surface area contributed by atoms with E-state index < -0.39 is 11.5 Å². The van der Waals surface area contributed by atoms with Crippen molar-refractivity contribution in [2.45, 2.75) is 31.7 Å². The molecule has 7 heteroatoms. The first-order valence-corrected chi connectivity index (χ1v) is 7.68. The van der Waals surface area contributed by atoms with E-state index in [9.17, 15) is 14.7 Å². The molecule has 1 unspecified atom stereocenters. The number of nitrogens with zero attached hydrogens (tertiary/aromatic N) is 3. The van der Waals surface area contributed by atoms with Crippen LogP contribution in [0, 0.1) is 0 Å². The number of hydrogen-bond acceptors (Lipinski definition) is 4. The molecule has 0 aromatic heterocycles. The van der Waals surface area contributed by atoms with Crippen LogP contribution in [0.5, 0.6) is 0 Å². The average Bonchev–Trinajstić information content (AvgIpc) is 2.93. The average molecular weight is 299 g/mol. The number of piperazine rings is 1. The van der Waals surface area contributed by atoms with E-state index in [0.717, 1.165) is 19.5 Å². The molecule has 2 saturated heterocycles. The van der Waals surface area contributed by atoms with Gasteiger partial charge in [-0.05, 0) is 19.3 Å². The number of urea groups is 1. The van der Waals surface area contributed by atoms with E-state index in [-0.39, 0.29) is 12.6 Å². The SMILES string of the molecule is CCC1(C(=O)O)CCCN1C(=O)N1CCN(CCO)CC1. The van der Waals surface area contributed by atoms with E-state index in [4.69, 9.17) is 5.11 Å². The molecule has 7 nitrogen and oxygen atoms in total. The van der Waals surface area contributed by atoms with Gasteiger partial charge in [-0.1, -0.05) is 6.92 Å². The molecule has 2 heterocycles. The molecule has 2 fully saturated rings. The van der Waals surface area contributed by atoms with Gasteiger partial charge in [0.1, 0.15) is 5.54 Å². The van der Waals surface area contributed by atoms with Crippen LogP contribution in [0.15, 0.2) is 0 Å². The molecule has 2 N–H and O–H groups in total. The number of β-amino-alcohol motifs (C(OH)–C–C–N with tert-alkyl or cyclic N) is 1. The van der Waals surface area contributed by atoms with Gasteiger partial charge in [0.25, 0.3) is 0 Å². The normalized spacial score (nSPS) is 27.1. The standard InChI is InChI=1S/C14H25N3O4/c1-2-14(12(19)20)4-3-5-17(14)13(21)16-8-6-15(7-9-16)10-11-18/h18H,2-11H2,1H3,(H,19,20). The highest BCUT2D eigenvalue weighted by Crippen LogP contribution is 2.33.